The summed E-state index contributed by atoms with van der Waals surface area (Å²) in [7, 11) is 0. The summed E-state index contributed by atoms with van der Waals surface area (Å²) in [4.78, 5) is 0. The van der Waals surface area contributed by atoms with E-state index in [1.165, 1.54) is 44.5 Å². The van der Waals surface area contributed by atoms with Crippen LogP contribution >= 0.6 is 0 Å². The number of allylic oxidation sites excluding steroid dienone is 5. The van der Waals surface area contributed by atoms with Crippen molar-refractivity contribution in [2.75, 3.05) is 0 Å². The lowest BCUT2D eigenvalue weighted by Gasteiger charge is -2.20. The molecule has 0 saturated carbocycles. The normalized spacial score (nSPS) is 15.3. The lowest BCUT2D eigenvalue weighted by atomic mass is 9.84. The Labute approximate surface area is 168 Å². The number of benzene rings is 3. The van der Waals surface area contributed by atoms with Crippen molar-refractivity contribution in [3.63, 3.8) is 0 Å². The lowest BCUT2D eigenvalue weighted by Crippen LogP contribution is -2.01. The summed E-state index contributed by atoms with van der Waals surface area (Å²) >= 11 is 0. The average Bonchev–Trinajstić information content (AvgIpc) is 2.72. The van der Waals surface area contributed by atoms with E-state index in [4.69, 9.17) is 0 Å². The Morgan fingerprint density at radius 2 is 1.54 bits per heavy atom. The summed E-state index contributed by atoms with van der Waals surface area (Å²) in [5.41, 5.74) is 10.7. The van der Waals surface area contributed by atoms with E-state index in [1.807, 2.05) is 0 Å². The molecule has 0 unspecified atom stereocenters. The van der Waals surface area contributed by atoms with E-state index in [2.05, 4.69) is 111 Å². The first-order valence-corrected chi connectivity index (χ1v) is 9.98. The Bertz CT molecular complexity index is 1050. The average molecular weight is 363 g/mol. The van der Waals surface area contributed by atoms with E-state index in [0.717, 1.165) is 12.8 Å². The van der Waals surface area contributed by atoms with Crippen LogP contribution in [-0.2, 0) is 6.42 Å². The van der Waals surface area contributed by atoms with Gasteiger partial charge < -0.3 is 0 Å². The summed E-state index contributed by atoms with van der Waals surface area (Å²) in [6.07, 6.45) is 8.75. The van der Waals surface area contributed by atoms with Gasteiger partial charge in [0.05, 0.1) is 0 Å². The molecule has 0 aliphatic heterocycles. The third kappa shape index (κ3) is 4.07. The molecule has 138 valence electrons. The molecule has 1 aliphatic carbocycles. The first-order chi connectivity index (χ1) is 13.7. The highest BCUT2D eigenvalue weighted by atomic mass is 14.2. The minimum atomic E-state index is 0.943. The minimum absolute atomic E-state index is 0.943. The van der Waals surface area contributed by atoms with Crippen LogP contribution < -0.4 is 0 Å². The molecule has 3 aromatic rings. The van der Waals surface area contributed by atoms with E-state index >= 15 is 0 Å². The third-order valence-electron chi connectivity index (χ3n) is 5.28. The van der Waals surface area contributed by atoms with Gasteiger partial charge in [-0.15, -0.1) is 0 Å². The zero-order valence-electron chi connectivity index (χ0n) is 16.7. The van der Waals surface area contributed by atoms with Crippen LogP contribution in [0.2, 0.25) is 0 Å². The standard InChI is InChI=1S/C28H26/c1-21-10-9-15-26(18-21)28(24-13-7-4-8-14-24)27-19-22(2)16-17-25(27)20-23-11-5-3-6-12-23/h3-14,16-19H,15,20H2,1-2H3. The monoisotopic (exact) mass is 362 g/mol. The molecule has 0 heterocycles. The number of rotatable bonds is 4. The maximum atomic E-state index is 2.36. The third-order valence-corrected chi connectivity index (χ3v) is 5.28. The number of hydrogen-bond acceptors (Lipinski definition) is 0. The summed E-state index contributed by atoms with van der Waals surface area (Å²) in [5.74, 6) is 0. The number of aryl methyl sites for hydroxylation is 1. The van der Waals surface area contributed by atoms with Crippen molar-refractivity contribution in [3.8, 4) is 0 Å². The van der Waals surface area contributed by atoms with Gasteiger partial charge >= 0.3 is 0 Å². The highest BCUT2D eigenvalue weighted by Crippen LogP contribution is 2.35. The molecule has 3 aromatic carbocycles. The summed E-state index contributed by atoms with van der Waals surface area (Å²) < 4.78 is 0. The van der Waals surface area contributed by atoms with E-state index in [9.17, 15) is 0 Å². The molecule has 4 rings (SSSR count). The summed E-state index contributed by atoms with van der Waals surface area (Å²) in [6, 6.07) is 28.5. The first kappa shape index (κ1) is 18.3. The summed E-state index contributed by atoms with van der Waals surface area (Å²) in [5, 5.41) is 0. The topological polar surface area (TPSA) is 0 Å². The smallest absolute Gasteiger partial charge is 0.00196 e. The van der Waals surface area contributed by atoms with Crippen LogP contribution in [0.3, 0.4) is 0 Å². The molecule has 1 aliphatic rings. The Hall–Kier alpha value is -3.12. The molecule has 0 aromatic heterocycles. The van der Waals surface area contributed by atoms with E-state index in [-0.39, 0.29) is 0 Å². The van der Waals surface area contributed by atoms with Crippen molar-refractivity contribution in [1.29, 1.82) is 0 Å². The van der Waals surface area contributed by atoms with Gasteiger partial charge in [0, 0.05) is 0 Å². The Morgan fingerprint density at radius 3 is 2.25 bits per heavy atom. The molecule has 0 radical (unpaired) electrons. The van der Waals surface area contributed by atoms with Crippen molar-refractivity contribution in [3.05, 3.63) is 136 Å². The van der Waals surface area contributed by atoms with Crippen molar-refractivity contribution in [1.82, 2.24) is 0 Å². The van der Waals surface area contributed by atoms with Gasteiger partial charge in [-0.2, -0.15) is 0 Å². The zero-order chi connectivity index (χ0) is 19.3. The largest absolute Gasteiger partial charge is 0.0798 e. The van der Waals surface area contributed by atoms with Crippen LogP contribution in [0.25, 0.3) is 5.57 Å². The Kier molecular flexibility index (Phi) is 5.39. The number of hydrogen-bond donors (Lipinski definition) is 0. The molecule has 28 heavy (non-hydrogen) atoms. The second-order valence-electron chi connectivity index (χ2n) is 7.58. The predicted molar refractivity (Wildman–Crippen MR) is 120 cm³/mol. The van der Waals surface area contributed by atoms with Crippen LogP contribution in [0.1, 0.15) is 41.2 Å². The Balaban J connectivity index is 1.91. The molecule has 0 atom stereocenters. The van der Waals surface area contributed by atoms with Crippen LogP contribution in [-0.4, -0.2) is 0 Å². The Morgan fingerprint density at radius 1 is 0.821 bits per heavy atom. The fourth-order valence-corrected chi connectivity index (χ4v) is 3.94. The SMILES string of the molecule is CC1=CC(=C(c2ccccc2)c2cc(C)ccc2Cc2ccccc2)CC=C1. The molecule has 0 N–H and O–H groups in total. The minimum Gasteiger partial charge on any atom is -0.0798 e. The van der Waals surface area contributed by atoms with Crippen LogP contribution in [0.15, 0.2) is 108 Å². The van der Waals surface area contributed by atoms with Crippen molar-refractivity contribution >= 4 is 5.57 Å². The van der Waals surface area contributed by atoms with Gasteiger partial charge in [-0.25, -0.2) is 0 Å². The van der Waals surface area contributed by atoms with E-state index in [1.54, 1.807) is 0 Å². The molecule has 0 spiro atoms. The maximum Gasteiger partial charge on any atom is -0.00196 e. The fourth-order valence-electron chi connectivity index (χ4n) is 3.94. The van der Waals surface area contributed by atoms with Crippen molar-refractivity contribution in [2.24, 2.45) is 0 Å². The molecule has 0 bridgehead atoms. The first-order valence-electron chi connectivity index (χ1n) is 9.98. The van der Waals surface area contributed by atoms with Gasteiger partial charge in [-0.1, -0.05) is 108 Å². The second-order valence-corrected chi connectivity index (χ2v) is 7.58. The van der Waals surface area contributed by atoms with Gasteiger partial charge in [-0.3, -0.25) is 0 Å². The molecule has 0 saturated heterocycles. The lowest BCUT2D eigenvalue weighted by molar-refractivity contribution is 1.16. The molecule has 0 nitrogen and oxygen atoms in total. The van der Waals surface area contributed by atoms with Gasteiger partial charge in [0.1, 0.15) is 0 Å². The van der Waals surface area contributed by atoms with Gasteiger partial charge in [0.15, 0.2) is 0 Å². The van der Waals surface area contributed by atoms with Crippen molar-refractivity contribution in [2.45, 2.75) is 26.7 Å². The molecule has 0 fully saturated rings. The van der Waals surface area contributed by atoms with Crippen LogP contribution in [0.4, 0.5) is 0 Å². The van der Waals surface area contributed by atoms with Crippen LogP contribution in [0, 0.1) is 6.92 Å². The molecular weight excluding hydrogens is 336 g/mol. The highest BCUT2D eigenvalue weighted by Gasteiger charge is 2.16. The summed E-state index contributed by atoms with van der Waals surface area (Å²) in [6.45, 7) is 4.37. The molecule has 0 amide bonds. The van der Waals surface area contributed by atoms with E-state index in [0.29, 0.717) is 0 Å². The van der Waals surface area contributed by atoms with Gasteiger partial charge in [0.2, 0.25) is 0 Å². The molecule has 0 heteroatoms. The molecular formula is C28H26. The fraction of sp³-hybridized carbons (Fsp3) is 0.143. The van der Waals surface area contributed by atoms with E-state index < -0.39 is 0 Å². The van der Waals surface area contributed by atoms with Gasteiger partial charge in [0.25, 0.3) is 0 Å². The zero-order valence-corrected chi connectivity index (χ0v) is 16.7. The maximum absolute atomic E-state index is 2.36. The van der Waals surface area contributed by atoms with Gasteiger partial charge in [-0.05, 0) is 60.1 Å². The van der Waals surface area contributed by atoms with Crippen molar-refractivity contribution < 1.29 is 0 Å². The predicted octanol–water partition coefficient (Wildman–Crippen LogP) is 7.29. The second kappa shape index (κ2) is 8.27. The van der Waals surface area contributed by atoms with Crippen LogP contribution in [0.5, 0.6) is 0 Å². The quantitative estimate of drug-likeness (QED) is 0.457. The highest BCUT2D eigenvalue weighted by molar-refractivity contribution is 5.86.